The van der Waals surface area contributed by atoms with E-state index in [1.807, 2.05) is 68.1 Å². The van der Waals surface area contributed by atoms with Crippen molar-refractivity contribution in [2.75, 3.05) is 25.0 Å². The molecule has 0 bridgehead atoms. The van der Waals surface area contributed by atoms with Crippen molar-refractivity contribution in [2.45, 2.75) is 64.5 Å². The topological polar surface area (TPSA) is 114 Å². The lowest BCUT2D eigenvalue weighted by atomic mass is 10.0. The number of carbonyl (C=O) groups excluding carboxylic acids is 1. The van der Waals surface area contributed by atoms with Crippen molar-refractivity contribution in [3.05, 3.63) is 102 Å². The van der Waals surface area contributed by atoms with E-state index in [2.05, 4.69) is 25.5 Å². The summed E-state index contributed by atoms with van der Waals surface area (Å²) in [6.45, 7) is 8.36. The minimum absolute atomic E-state index is 0.0746. The van der Waals surface area contributed by atoms with Crippen LogP contribution >= 0.6 is 11.6 Å². The Morgan fingerprint density at radius 1 is 1.04 bits per heavy atom. The van der Waals surface area contributed by atoms with Gasteiger partial charge in [0.05, 0.1) is 16.6 Å². The number of anilines is 2. The molecule has 1 aliphatic rings. The fraction of sp³-hybridized carbons (Fsp3) is 0.342. The van der Waals surface area contributed by atoms with Crippen LogP contribution in [0.5, 0.6) is 5.75 Å². The van der Waals surface area contributed by atoms with E-state index in [0.717, 1.165) is 53.6 Å². The first-order valence-electron chi connectivity index (χ1n) is 16.7. The molecule has 1 atom stereocenters. The Kier molecular flexibility index (Phi) is 10.9. The van der Waals surface area contributed by atoms with Crippen LogP contribution in [-0.2, 0) is 17.9 Å². The van der Waals surface area contributed by atoms with Crippen LogP contribution < -0.4 is 15.4 Å². The zero-order valence-corrected chi connectivity index (χ0v) is 29.2. The average molecular weight is 701 g/mol. The van der Waals surface area contributed by atoms with Gasteiger partial charge in [0, 0.05) is 55.7 Å². The summed E-state index contributed by atoms with van der Waals surface area (Å²) in [5, 5.41) is 18.5. The van der Waals surface area contributed by atoms with Crippen LogP contribution in [0.1, 0.15) is 39.2 Å². The summed E-state index contributed by atoms with van der Waals surface area (Å²) in [6, 6.07) is 19.8. The first-order chi connectivity index (χ1) is 24.0. The number of β-amino-alcohol motifs (C(OH)–C–C–N with tert-alkyl or cyclic N) is 1. The number of rotatable bonds is 11. The van der Waals surface area contributed by atoms with Crippen LogP contribution in [-0.4, -0.2) is 68.0 Å². The van der Waals surface area contributed by atoms with E-state index in [9.17, 15) is 14.3 Å². The Labute approximate surface area is 296 Å². The van der Waals surface area contributed by atoms with Gasteiger partial charge >= 0.3 is 6.09 Å². The summed E-state index contributed by atoms with van der Waals surface area (Å²) in [7, 11) is 0. The average Bonchev–Trinajstić information content (AvgIpc) is 3.53. The number of benzene rings is 3. The van der Waals surface area contributed by atoms with Gasteiger partial charge in [-0.15, -0.1) is 0 Å². The van der Waals surface area contributed by atoms with Crippen molar-refractivity contribution in [3.8, 4) is 16.9 Å². The van der Waals surface area contributed by atoms with Crippen molar-refractivity contribution >= 4 is 40.1 Å². The van der Waals surface area contributed by atoms with Gasteiger partial charge in [0.15, 0.2) is 0 Å². The van der Waals surface area contributed by atoms with Crippen LogP contribution in [0.2, 0.25) is 5.02 Å². The van der Waals surface area contributed by atoms with Gasteiger partial charge in [-0.3, -0.25) is 0 Å². The molecule has 1 fully saturated rings. The minimum atomic E-state index is -0.545. The Morgan fingerprint density at radius 2 is 1.86 bits per heavy atom. The molecule has 3 aromatic carbocycles. The monoisotopic (exact) mass is 700 g/mol. The number of piperidine rings is 1. The summed E-state index contributed by atoms with van der Waals surface area (Å²) in [5.74, 6) is 0.800. The highest BCUT2D eigenvalue weighted by molar-refractivity contribution is 6.32. The number of likely N-dealkylation sites (tertiary alicyclic amines) is 1. The maximum absolute atomic E-state index is 13.5. The van der Waals surface area contributed by atoms with E-state index >= 15 is 0 Å². The number of nitrogens with one attached hydrogen (secondary N) is 2. The van der Waals surface area contributed by atoms with Crippen LogP contribution in [0.15, 0.2) is 85.5 Å². The number of ether oxygens (including phenoxy) is 2. The summed E-state index contributed by atoms with van der Waals surface area (Å²) in [4.78, 5) is 23.3. The number of amides is 1. The van der Waals surface area contributed by atoms with Crippen molar-refractivity contribution < 1.29 is 23.8 Å². The van der Waals surface area contributed by atoms with E-state index in [0.29, 0.717) is 35.2 Å². The number of nitrogens with zero attached hydrogens (tertiary/aromatic N) is 4. The molecule has 0 radical (unpaired) electrons. The second-order valence-electron chi connectivity index (χ2n) is 13.6. The van der Waals surface area contributed by atoms with E-state index < -0.39 is 11.7 Å². The molecule has 3 heterocycles. The van der Waals surface area contributed by atoms with E-state index in [1.165, 1.54) is 18.5 Å². The van der Waals surface area contributed by atoms with E-state index in [-0.39, 0.29) is 24.6 Å². The molecule has 10 nitrogen and oxygen atoms in total. The maximum atomic E-state index is 13.5. The van der Waals surface area contributed by atoms with Gasteiger partial charge in [0.25, 0.3) is 0 Å². The standard InChI is InChI=1S/C38H42ClFN6O4/c1-38(2,3)50-37(48)44-29-12-15-45(16-13-29)21-31(47)22-46-14-11-27(20-46)26-7-9-34-32(18-26)36(42-24-41-34)43-30-8-10-35(33(39)19-30)49-23-25-5-4-6-28(40)17-25/h4-11,14,17-20,24,29,31,47H,12-13,15-16,21-23H2,1-3H3,(H,44,48)(H,41,42,43). The molecule has 1 saturated heterocycles. The van der Waals surface area contributed by atoms with Crippen LogP contribution in [0.25, 0.3) is 22.0 Å². The molecule has 1 aliphatic heterocycles. The third kappa shape index (κ3) is 9.50. The van der Waals surface area contributed by atoms with Crippen molar-refractivity contribution in [1.82, 2.24) is 24.8 Å². The summed E-state index contributed by atoms with van der Waals surface area (Å²) < 4.78 is 26.7. The molecule has 1 amide bonds. The SMILES string of the molecule is CC(C)(C)OC(=O)NC1CCN(CC(O)Cn2ccc(-c3ccc4ncnc(Nc5ccc(OCc6cccc(F)c6)c(Cl)c5)c4c3)c2)CC1. The fourth-order valence-electron chi connectivity index (χ4n) is 6.01. The second-order valence-corrected chi connectivity index (χ2v) is 14.0. The lowest BCUT2D eigenvalue weighted by Crippen LogP contribution is -2.47. The highest BCUT2D eigenvalue weighted by Gasteiger charge is 2.24. The molecule has 3 N–H and O–H groups in total. The number of carbonyl (C=O) groups is 1. The molecule has 50 heavy (non-hydrogen) atoms. The molecule has 6 rings (SSSR count). The third-order valence-electron chi connectivity index (χ3n) is 8.40. The lowest BCUT2D eigenvalue weighted by Gasteiger charge is -2.33. The molecule has 262 valence electrons. The number of alkyl carbamates (subject to hydrolysis) is 1. The zero-order chi connectivity index (χ0) is 35.3. The predicted molar refractivity (Wildman–Crippen MR) is 193 cm³/mol. The highest BCUT2D eigenvalue weighted by atomic mass is 35.5. The van der Waals surface area contributed by atoms with Crippen LogP contribution in [0.4, 0.5) is 20.7 Å². The summed E-state index contributed by atoms with van der Waals surface area (Å²) in [5.41, 5.74) is 3.69. The van der Waals surface area contributed by atoms with Gasteiger partial charge in [-0.25, -0.2) is 19.2 Å². The first-order valence-corrected chi connectivity index (χ1v) is 17.1. The molecule has 1 unspecified atom stereocenters. The predicted octanol–water partition coefficient (Wildman–Crippen LogP) is 7.56. The maximum Gasteiger partial charge on any atom is 0.407 e. The fourth-order valence-corrected chi connectivity index (χ4v) is 6.25. The Bertz CT molecular complexity index is 1940. The lowest BCUT2D eigenvalue weighted by molar-refractivity contribution is 0.0452. The Hall–Kier alpha value is -4.71. The van der Waals surface area contributed by atoms with Crippen LogP contribution in [0.3, 0.4) is 0 Å². The molecular formula is C38H42ClFN6O4. The molecule has 0 saturated carbocycles. The molecule has 0 spiro atoms. The van der Waals surface area contributed by atoms with Crippen molar-refractivity contribution in [2.24, 2.45) is 0 Å². The van der Waals surface area contributed by atoms with Gasteiger partial charge in [-0.05, 0) is 98.8 Å². The van der Waals surface area contributed by atoms with Gasteiger partial charge in [0.2, 0.25) is 0 Å². The van der Waals surface area contributed by atoms with Gasteiger partial charge in [-0.1, -0.05) is 29.8 Å². The Morgan fingerprint density at radius 3 is 2.62 bits per heavy atom. The number of aromatic nitrogens is 3. The number of fused-ring (bicyclic) bond motifs is 1. The highest BCUT2D eigenvalue weighted by Crippen LogP contribution is 2.32. The largest absolute Gasteiger partial charge is 0.487 e. The van der Waals surface area contributed by atoms with Crippen LogP contribution in [0, 0.1) is 5.82 Å². The minimum Gasteiger partial charge on any atom is -0.487 e. The first kappa shape index (κ1) is 35.1. The van der Waals surface area contributed by atoms with Crippen molar-refractivity contribution in [3.63, 3.8) is 0 Å². The number of hydrogen-bond acceptors (Lipinski definition) is 8. The molecular weight excluding hydrogens is 659 g/mol. The molecule has 2 aromatic heterocycles. The smallest absolute Gasteiger partial charge is 0.407 e. The van der Waals surface area contributed by atoms with Gasteiger partial charge in [-0.2, -0.15) is 0 Å². The summed E-state index contributed by atoms with van der Waals surface area (Å²) in [6.07, 6.45) is 6.21. The number of aliphatic hydroxyl groups excluding tert-OH is 1. The number of aliphatic hydroxyl groups is 1. The third-order valence-corrected chi connectivity index (χ3v) is 8.69. The van der Waals surface area contributed by atoms with Gasteiger partial charge in [0.1, 0.15) is 35.9 Å². The second kappa shape index (κ2) is 15.5. The van der Waals surface area contributed by atoms with E-state index in [4.69, 9.17) is 21.1 Å². The van der Waals surface area contributed by atoms with Crippen molar-refractivity contribution in [1.29, 1.82) is 0 Å². The Balaban J connectivity index is 1.05. The van der Waals surface area contributed by atoms with E-state index in [1.54, 1.807) is 24.3 Å². The zero-order valence-electron chi connectivity index (χ0n) is 28.4. The number of halogens is 2. The normalized spacial score (nSPS) is 14.8. The molecule has 12 heteroatoms. The quantitative estimate of drug-likeness (QED) is 0.129. The van der Waals surface area contributed by atoms with Gasteiger partial charge < -0.3 is 34.7 Å². The molecule has 5 aromatic rings. The molecule has 0 aliphatic carbocycles. The summed E-state index contributed by atoms with van der Waals surface area (Å²) >= 11 is 6.54. The number of hydrogen-bond donors (Lipinski definition) is 3.